The summed E-state index contributed by atoms with van der Waals surface area (Å²) < 4.78 is 0. The van der Waals surface area contributed by atoms with E-state index in [-0.39, 0.29) is 18.1 Å². The molecule has 0 aromatic carbocycles. The summed E-state index contributed by atoms with van der Waals surface area (Å²) in [5.41, 5.74) is 24.3. The molecule has 1 aliphatic heterocycles. The van der Waals surface area contributed by atoms with Gasteiger partial charge in [-0.3, -0.25) is 4.99 Å². The van der Waals surface area contributed by atoms with Gasteiger partial charge in [0.25, 0.3) is 0 Å². The number of allylic oxidation sites excluding steroid dienone is 4. The maximum Gasteiger partial charge on any atom is 0.131 e. The van der Waals surface area contributed by atoms with E-state index in [0.29, 0.717) is 0 Å². The average Bonchev–Trinajstić information content (AvgIpc) is 3.22. The van der Waals surface area contributed by atoms with Gasteiger partial charge in [0.1, 0.15) is 5.84 Å². The van der Waals surface area contributed by atoms with Crippen LogP contribution in [0.1, 0.15) is 41.0 Å². The zero-order valence-corrected chi connectivity index (χ0v) is 15.9. The number of rotatable bonds is 5. The molecular weight excluding hydrogens is 310 g/mol. The molecule has 25 heavy (non-hydrogen) atoms. The Kier molecular flexibility index (Phi) is 5.90. The number of hydrogen-bond donors (Lipinski definition) is 4. The van der Waals surface area contributed by atoms with E-state index in [1.807, 2.05) is 13.0 Å². The lowest BCUT2D eigenvalue weighted by Crippen LogP contribution is -2.36. The highest BCUT2D eigenvalue weighted by atomic mass is 15.0. The van der Waals surface area contributed by atoms with E-state index in [1.54, 1.807) is 6.20 Å². The van der Waals surface area contributed by atoms with E-state index in [1.165, 1.54) is 22.3 Å². The predicted octanol–water partition coefficient (Wildman–Crippen LogP) is 2.39. The molecule has 0 saturated heterocycles. The molecule has 0 saturated carbocycles. The minimum atomic E-state index is -0.00478. The summed E-state index contributed by atoms with van der Waals surface area (Å²) in [5, 5.41) is 3.42. The van der Waals surface area contributed by atoms with Crippen molar-refractivity contribution in [3.05, 3.63) is 58.0 Å². The summed E-state index contributed by atoms with van der Waals surface area (Å²) in [6.45, 7) is 10.3. The molecule has 2 atom stereocenters. The van der Waals surface area contributed by atoms with Crippen LogP contribution in [0.15, 0.2) is 63.0 Å². The first-order valence-electron chi connectivity index (χ1n) is 8.78. The van der Waals surface area contributed by atoms with Crippen LogP contribution in [0.3, 0.4) is 0 Å². The summed E-state index contributed by atoms with van der Waals surface area (Å²) >= 11 is 0. The van der Waals surface area contributed by atoms with Crippen molar-refractivity contribution in [3.8, 4) is 0 Å². The van der Waals surface area contributed by atoms with Gasteiger partial charge >= 0.3 is 0 Å². The summed E-state index contributed by atoms with van der Waals surface area (Å²) in [5.74, 6) is 0.844. The predicted molar refractivity (Wildman–Crippen MR) is 107 cm³/mol. The SMILES string of the molecule is C/C(N)=C/C(C)=C(\C)CC1=CC(C2=CC2N)N=C(NC(C)C)C1=CN. The Bertz CT molecular complexity index is 712. The Balaban J connectivity index is 2.35. The summed E-state index contributed by atoms with van der Waals surface area (Å²) in [4.78, 5) is 4.82. The van der Waals surface area contributed by atoms with Crippen LogP contribution in [0.25, 0.3) is 0 Å². The topological polar surface area (TPSA) is 102 Å². The van der Waals surface area contributed by atoms with Gasteiger partial charge in [-0.25, -0.2) is 0 Å². The molecule has 2 unspecified atom stereocenters. The molecule has 5 nitrogen and oxygen atoms in total. The zero-order valence-electron chi connectivity index (χ0n) is 15.9. The van der Waals surface area contributed by atoms with Crippen molar-refractivity contribution in [1.82, 2.24) is 5.32 Å². The Morgan fingerprint density at radius 3 is 2.40 bits per heavy atom. The second kappa shape index (κ2) is 7.74. The van der Waals surface area contributed by atoms with E-state index >= 15 is 0 Å². The third kappa shape index (κ3) is 4.86. The fourth-order valence-corrected chi connectivity index (χ4v) is 2.92. The molecule has 0 aromatic rings. The Hall–Kier alpha value is -2.27. The monoisotopic (exact) mass is 341 g/mol. The molecule has 0 amide bonds. The molecule has 0 spiro atoms. The van der Waals surface area contributed by atoms with Gasteiger partial charge in [0, 0.05) is 29.6 Å². The van der Waals surface area contributed by atoms with Crippen LogP contribution in [-0.4, -0.2) is 24.0 Å². The molecule has 0 bridgehead atoms. The van der Waals surface area contributed by atoms with Gasteiger partial charge in [-0.1, -0.05) is 23.3 Å². The fraction of sp³-hybridized carbons (Fsp3) is 0.450. The van der Waals surface area contributed by atoms with Gasteiger partial charge in [-0.15, -0.1) is 0 Å². The molecule has 1 aliphatic carbocycles. The largest absolute Gasteiger partial charge is 0.404 e. The van der Waals surface area contributed by atoms with E-state index in [2.05, 4.69) is 45.2 Å². The molecule has 2 rings (SSSR count). The number of amidine groups is 1. The van der Waals surface area contributed by atoms with Crippen molar-refractivity contribution in [2.24, 2.45) is 22.2 Å². The van der Waals surface area contributed by atoms with Gasteiger partial charge in [0.15, 0.2) is 0 Å². The van der Waals surface area contributed by atoms with Crippen LogP contribution >= 0.6 is 0 Å². The van der Waals surface area contributed by atoms with Crippen LogP contribution in [0, 0.1) is 0 Å². The Labute approximate surface area is 151 Å². The minimum absolute atomic E-state index is 0.00478. The number of aliphatic imine (C=N–C) groups is 1. The van der Waals surface area contributed by atoms with E-state index < -0.39 is 0 Å². The van der Waals surface area contributed by atoms with E-state index in [4.69, 9.17) is 22.2 Å². The Morgan fingerprint density at radius 1 is 1.28 bits per heavy atom. The van der Waals surface area contributed by atoms with Crippen molar-refractivity contribution in [3.63, 3.8) is 0 Å². The molecule has 0 aromatic heterocycles. The van der Waals surface area contributed by atoms with E-state index in [9.17, 15) is 0 Å². The normalized spacial score (nSPS) is 26.1. The smallest absolute Gasteiger partial charge is 0.131 e. The second-order valence-corrected chi connectivity index (χ2v) is 7.21. The average molecular weight is 342 g/mol. The lowest BCUT2D eigenvalue weighted by Gasteiger charge is -2.25. The van der Waals surface area contributed by atoms with Crippen molar-refractivity contribution in [2.75, 3.05) is 0 Å². The lowest BCUT2D eigenvalue weighted by atomic mass is 9.91. The number of hydrogen-bond acceptors (Lipinski definition) is 5. The number of nitrogens with zero attached hydrogens (tertiary/aromatic N) is 1. The van der Waals surface area contributed by atoms with Gasteiger partial charge in [-0.2, -0.15) is 0 Å². The van der Waals surface area contributed by atoms with Gasteiger partial charge in [0.2, 0.25) is 0 Å². The van der Waals surface area contributed by atoms with Crippen molar-refractivity contribution in [1.29, 1.82) is 0 Å². The first kappa shape index (κ1) is 19.1. The summed E-state index contributed by atoms with van der Waals surface area (Å²) in [6, 6.07) is 0.322. The van der Waals surface area contributed by atoms with Crippen molar-refractivity contribution in [2.45, 2.75) is 59.2 Å². The molecule has 1 heterocycles. The summed E-state index contributed by atoms with van der Waals surface area (Å²) in [7, 11) is 0. The maximum atomic E-state index is 5.98. The van der Waals surface area contributed by atoms with Crippen LogP contribution in [0.2, 0.25) is 0 Å². The highest BCUT2D eigenvalue weighted by molar-refractivity contribution is 6.03. The van der Waals surface area contributed by atoms with Crippen LogP contribution in [0.4, 0.5) is 0 Å². The van der Waals surface area contributed by atoms with Crippen LogP contribution in [0.5, 0.6) is 0 Å². The van der Waals surface area contributed by atoms with Gasteiger partial charge in [0.05, 0.1) is 6.04 Å². The highest BCUT2D eigenvalue weighted by Gasteiger charge is 2.31. The van der Waals surface area contributed by atoms with Crippen LogP contribution < -0.4 is 22.5 Å². The molecule has 7 N–H and O–H groups in total. The zero-order chi connectivity index (χ0) is 18.7. The van der Waals surface area contributed by atoms with Crippen molar-refractivity contribution < 1.29 is 0 Å². The first-order valence-corrected chi connectivity index (χ1v) is 8.78. The molecule has 0 radical (unpaired) electrons. The van der Waals surface area contributed by atoms with Crippen LogP contribution in [-0.2, 0) is 0 Å². The van der Waals surface area contributed by atoms with Crippen molar-refractivity contribution >= 4 is 5.84 Å². The second-order valence-electron chi connectivity index (χ2n) is 7.21. The number of dihydropyridines is 1. The molecule has 136 valence electrons. The molecule has 5 heteroatoms. The molecular formula is C20H31N5. The first-order chi connectivity index (χ1) is 11.7. The molecule has 2 aliphatic rings. The highest BCUT2D eigenvalue weighted by Crippen LogP contribution is 2.33. The number of nitrogens with one attached hydrogen (secondary N) is 1. The number of nitrogens with two attached hydrogens (primary N) is 3. The third-order valence-electron chi connectivity index (χ3n) is 4.38. The summed E-state index contributed by atoms with van der Waals surface area (Å²) in [6.07, 6.45) is 8.68. The molecule has 0 fully saturated rings. The standard InChI is InChI=1S/C20H31N5/c1-11(2)24-20-17(10-21)15(7-13(4)12(3)6-14(5)22)8-19(25-20)16-9-18(16)23/h6,8-11,18-19H,7,21-23H2,1-5H3,(H,24,25)/b13-12+,14-6-,17-10?. The maximum absolute atomic E-state index is 5.98. The fourth-order valence-electron chi connectivity index (χ4n) is 2.92. The third-order valence-corrected chi connectivity index (χ3v) is 4.38. The van der Waals surface area contributed by atoms with E-state index in [0.717, 1.165) is 23.5 Å². The lowest BCUT2D eigenvalue weighted by molar-refractivity contribution is 0.722. The quantitative estimate of drug-likeness (QED) is 0.455. The minimum Gasteiger partial charge on any atom is -0.404 e. The van der Waals surface area contributed by atoms with Gasteiger partial charge in [-0.05, 0) is 58.3 Å². The Morgan fingerprint density at radius 2 is 1.92 bits per heavy atom. The van der Waals surface area contributed by atoms with Gasteiger partial charge < -0.3 is 22.5 Å².